The molecule has 5 N–H and O–H groups in total. The van der Waals surface area contributed by atoms with Crippen LogP contribution in [0.4, 0.5) is 20.3 Å². The zero-order chi connectivity index (χ0) is 27.3. The molecule has 1 aliphatic rings. The average Bonchev–Trinajstić information content (AvgIpc) is 3.24. The Morgan fingerprint density at radius 1 is 1.11 bits per heavy atom. The van der Waals surface area contributed by atoms with Gasteiger partial charge in [-0.2, -0.15) is 0 Å². The third-order valence-electron chi connectivity index (χ3n) is 6.37. The molecule has 202 valence electrons. The van der Waals surface area contributed by atoms with Crippen molar-refractivity contribution in [3.05, 3.63) is 66.0 Å². The number of fused-ring (bicyclic) bond motifs is 1. The molecule has 0 saturated carbocycles. The normalized spacial score (nSPS) is 14.5. The van der Waals surface area contributed by atoms with Gasteiger partial charge in [-0.1, -0.05) is 31.9 Å². The number of imidazole rings is 1. The van der Waals surface area contributed by atoms with Gasteiger partial charge in [0.15, 0.2) is 0 Å². The third kappa shape index (κ3) is 6.35. The molecule has 0 spiro atoms. The number of nitrogens with two attached hydrogens (primary N) is 1. The summed E-state index contributed by atoms with van der Waals surface area (Å²) in [6, 6.07) is 11.8. The number of carbonyl (C=O) groups is 2. The van der Waals surface area contributed by atoms with Crippen molar-refractivity contribution < 1.29 is 23.5 Å². The van der Waals surface area contributed by atoms with Crippen LogP contribution in [-0.4, -0.2) is 50.2 Å². The lowest BCUT2D eigenvalue weighted by Gasteiger charge is -2.33. The molecule has 0 unspecified atom stereocenters. The smallest absolute Gasteiger partial charge is 0.270 e. The van der Waals surface area contributed by atoms with Gasteiger partial charge in [0.2, 0.25) is 11.6 Å². The van der Waals surface area contributed by atoms with Crippen molar-refractivity contribution in [2.75, 3.05) is 18.4 Å². The molecule has 11 heteroatoms. The van der Waals surface area contributed by atoms with Crippen LogP contribution in [0.15, 0.2) is 48.5 Å². The van der Waals surface area contributed by atoms with Crippen molar-refractivity contribution in [3.63, 3.8) is 0 Å². The van der Waals surface area contributed by atoms with Crippen LogP contribution >= 0.6 is 0 Å². The summed E-state index contributed by atoms with van der Waals surface area (Å²) in [6.45, 7) is 3.01. The lowest BCUT2D eigenvalue weighted by atomic mass is 10.1. The van der Waals surface area contributed by atoms with Crippen molar-refractivity contribution in [2.45, 2.75) is 51.4 Å². The number of nitrogens with one attached hydrogen (secondary N) is 2. The number of benzene rings is 2. The fourth-order valence-electron chi connectivity index (χ4n) is 4.40. The van der Waals surface area contributed by atoms with E-state index in [-0.39, 0.29) is 18.9 Å². The van der Waals surface area contributed by atoms with Crippen LogP contribution in [0.3, 0.4) is 0 Å². The number of nitrogens with zero attached hydrogens (tertiary/aromatic N) is 3. The summed E-state index contributed by atoms with van der Waals surface area (Å²) >= 11 is 0. The number of amides is 2. The number of rotatable bonds is 10. The minimum Gasteiger partial charge on any atom is -0.367 e. The molecular weight excluding hydrogens is 494 g/mol. The van der Waals surface area contributed by atoms with Gasteiger partial charge in [-0.15, -0.1) is 0 Å². The quantitative estimate of drug-likeness (QED) is 0.237. The molecule has 2 aromatic carbocycles. The summed E-state index contributed by atoms with van der Waals surface area (Å²) < 4.78 is 29.3. The Morgan fingerprint density at radius 2 is 1.87 bits per heavy atom. The molecule has 9 nitrogen and oxygen atoms in total. The topological polar surface area (TPSA) is 126 Å². The Labute approximate surface area is 219 Å². The predicted molar refractivity (Wildman–Crippen MR) is 139 cm³/mol. The van der Waals surface area contributed by atoms with E-state index < -0.39 is 29.8 Å². The van der Waals surface area contributed by atoms with Crippen LogP contribution in [0.25, 0.3) is 11.3 Å². The Hall–Kier alpha value is -3.83. The molecule has 38 heavy (non-hydrogen) atoms. The molecule has 0 aliphatic carbocycles. The van der Waals surface area contributed by atoms with Crippen LogP contribution in [0.2, 0.25) is 0 Å². The Morgan fingerprint density at radius 3 is 2.58 bits per heavy atom. The number of hydrogen-bond donors (Lipinski definition) is 4. The van der Waals surface area contributed by atoms with E-state index in [4.69, 9.17) is 5.73 Å². The zero-order valence-electron chi connectivity index (χ0n) is 21.2. The SMILES string of the molecule is CCCCCNC(=O)C[C@](N)(O)C(=O)N1CCn2c(nc(-c3cccc(F)c3)c2Nc2ccc(F)cc2)C1. The van der Waals surface area contributed by atoms with Gasteiger partial charge in [0.1, 0.15) is 29.0 Å². The summed E-state index contributed by atoms with van der Waals surface area (Å²) in [5, 5.41) is 16.6. The molecule has 1 aliphatic heterocycles. The maximum atomic E-state index is 14.0. The first-order chi connectivity index (χ1) is 18.2. The van der Waals surface area contributed by atoms with E-state index in [1.54, 1.807) is 24.3 Å². The van der Waals surface area contributed by atoms with Crippen LogP contribution in [0, 0.1) is 11.6 Å². The molecule has 1 aromatic heterocycles. The van der Waals surface area contributed by atoms with Crippen molar-refractivity contribution in [3.8, 4) is 11.3 Å². The molecule has 0 saturated heterocycles. The zero-order valence-corrected chi connectivity index (χ0v) is 21.2. The molecule has 0 bridgehead atoms. The summed E-state index contributed by atoms with van der Waals surface area (Å²) in [5.74, 6) is -1.06. The summed E-state index contributed by atoms with van der Waals surface area (Å²) in [6.07, 6.45) is 2.20. The van der Waals surface area contributed by atoms with Gasteiger partial charge in [0.25, 0.3) is 5.91 Å². The van der Waals surface area contributed by atoms with Crippen LogP contribution in [-0.2, 0) is 22.7 Å². The van der Waals surface area contributed by atoms with E-state index >= 15 is 0 Å². The molecule has 1 atom stereocenters. The highest BCUT2D eigenvalue weighted by Gasteiger charge is 2.39. The van der Waals surface area contributed by atoms with E-state index in [1.165, 1.54) is 29.2 Å². The van der Waals surface area contributed by atoms with Crippen molar-refractivity contribution >= 4 is 23.3 Å². The van der Waals surface area contributed by atoms with Crippen LogP contribution in [0.5, 0.6) is 0 Å². The van der Waals surface area contributed by atoms with E-state index in [0.29, 0.717) is 41.7 Å². The Bertz CT molecular complexity index is 1290. The van der Waals surface area contributed by atoms with Gasteiger partial charge in [-0.05, 0) is 42.8 Å². The minimum atomic E-state index is -2.37. The van der Waals surface area contributed by atoms with Crippen molar-refractivity contribution in [1.29, 1.82) is 0 Å². The number of aromatic nitrogens is 2. The number of unbranched alkanes of at least 4 members (excludes halogenated alkanes) is 2. The largest absolute Gasteiger partial charge is 0.367 e. The first-order valence-corrected chi connectivity index (χ1v) is 12.6. The second-order valence-corrected chi connectivity index (χ2v) is 9.40. The number of carbonyl (C=O) groups excluding carboxylic acids is 2. The minimum absolute atomic E-state index is 0.0177. The highest BCUT2D eigenvalue weighted by atomic mass is 19.1. The standard InChI is InChI=1S/C27H32F2N6O3/c1-2-3-4-12-31-23(36)16-27(30,38)26(37)34-13-14-35-22(17-34)33-24(18-6-5-7-20(29)15-18)25(35)32-21-10-8-19(28)9-11-21/h5-11,15,32,38H,2-4,12-14,16-17,30H2,1H3,(H,31,36)/t27-/m0/s1. The fraction of sp³-hybridized carbons (Fsp3) is 0.370. The molecule has 0 radical (unpaired) electrons. The predicted octanol–water partition coefficient (Wildman–Crippen LogP) is 3.26. The van der Waals surface area contributed by atoms with Gasteiger partial charge >= 0.3 is 0 Å². The molecule has 2 heterocycles. The number of anilines is 2. The fourth-order valence-corrected chi connectivity index (χ4v) is 4.40. The van der Waals surface area contributed by atoms with Gasteiger partial charge in [0.05, 0.1) is 13.0 Å². The number of halogens is 2. The molecule has 3 aromatic rings. The van der Waals surface area contributed by atoms with Gasteiger partial charge in [-0.25, -0.2) is 13.8 Å². The second-order valence-electron chi connectivity index (χ2n) is 9.40. The van der Waals surface area contributed by atoms with Crippen molar-refractivity contribution in [1.82, 2.24) is 19.8 Å². The number of aliphatic hydroxyl groups is 1. The number of hydrogen-bond acceptors (Lipinski definition) is 6. The molecular formula is C27H32F2N6O3. The van der Waals surface area contributed by atoms with E-state index in [1.807, 2.05) is 11.5 Å². The first-order valence-electron chi connectivity index (χ1n) is 12.6. The Balaban J connectivity index is 1.55. The highest BCUT2D eigenvalue weighted by molar-refractivity contribution is 5.90. The van der Waals surface area contributed by atoms with Crippen LogP contribution in [0.1, 0.15) is 38.4 Å². The molecule has 0 fully saturated rings. The van der Waals surface area contributed by atoms with E-state index in [0.717, 1.165) is 19.3 Å². The van der Waals surface area contributed by atoms with Crippen molar-refractivity contribution in [2.24, 2.45) is 5.73 Å². The van der Waals surface area contributed by atoms with E-state index in [9.17, 15) is 23.5 Å². The highest BCUT2D eigenvalue weighted by Crippen LogP contribution is 2.34. The van der Waals surface area contributed by atoms with Crippen LogP contribution < -0.4 is 16.4 Å². The molecule has 4 rings (SSSR count). The lowest BCUT2D eigenvalue weighted by Crippen LogP contribution is -2.58. The monoisotopic (exact) mass is 526 g/mol. The lowest BCUT2D eigenvalue weighted by molar-refractivity contribution is -0.156. The van der Waals surface area contributed by atoms with Gasteiger partial charge in [0, 0.05) is 30.9 Å². The third-order valence-corrected chi connectivity index (χ3v) is 6.37. The maximum Gasteiger partial charge on any atom is 0.270 e. The average molecular weight is 527 g/mol. The summed E-state index contributed by atoms with van der Waals surface area (Å²) in [7, 11) is 0. The van der Waals surface area contributed by atoms with Gasteiger partial charge < -0.3 is 25.2 Å². The molecule has 2 amide bonds. The summed E-state index contributed by atoms with van der Waals surface area (Å²) in [5.41, 5.74) is 5.09. The second kappa shape index (κ2) is 11.7. The Kier molecular flexibility index (Phi) is 8.38. The summed E-state index contributed by atoms with van der Waals surface area (Å²) in [4.78, 5) is 31.4. The first kappa shape index (κ1) is 27.2. The maximum absolute atomic E-state index is 14.0. The van der Waals surface area contributed by atoms with Gasteiger partial charge in [-0.3, -0.25) is 15.3 Å². The van der Waals surface area contributed by atoms with E-state index in [2.05, 4.69) is 15.6 Å².